The van der Waals surface area contributed by atoms with Gasteiger partial charge in [-0.1, -0.05) is 54.2 Å². The highest BCUT2D eigenvalue weighted by atomic mass is 32.2. The molecule has 1 aliphatic heterocycles. The number of hydrogen-bond acceptors (Lipinski definition) is 6. The third kappa shape index (κ3) is 6.43. The van der Waals surface area contributed by atoms with Crippen LogP contribution in [0.25, 0.3) is 0 Å². The quantitative estimate of drug-likeness (QED) is 0.444. The summed E-state index contributed by atoms with van der Waals surface area (Å²) in [5.41, 5.74) is 2.23. The number of likely N-dealkylation sites (tertiary alicyclic amines) is 1. The van der Waals surface area contributed by atoms with Crippen molar-refractivity contribution in [3.63, 3.8) is 0 Å². The number of carbonyl (C=O) groups is 2. The zero-order valence-corrected chi connectivity index (χ0v) is 19.1. The second-order valence-electron chi connectivity index (χ2n) is 8.02. The number of nitrogens with one attached hydrogen (secondary N) is 1. The zero-order valence-electron chi connectivity index (χ0n) is 18.3. The highest BCUT2D eigenvalue weighted by Gasteiger charge is 2.19. The third-order valence-corrected chi connectivity index (χ3v) is 6.53. The molecule has 1 amide bonds. The van der Waals surface area contributed by atoms with Gasteiger partial charge in [0.25, 0.3) is 0 Å². The van der Waals surface area contributed by atoms with E-state index in [0.29, 0.717) is 13.1 Å². The molecule has 4 rings (SSSR count). The van der Waals surface area contributed by atoms with Crippen LogP contribution >= 0.6 is 11.8 Å². The molecular formula is C24H27N5O3S. The number of rotatable bonds is 10. The molecule has 2 N–H and O–H groups in total. The van der Waals surface area contributed by atoms with Crippen LogP contribution in [0.5, 0.6) is 0 Å². The number of benzene rings is 2. The lowest BCUT2D eigenvalue weighted by atomic mass is 10.1. The van der Waals surface area contributed by atoms with Gasteiger partial charge in [0.05, 0.1) is 24.4 Å². The Morgan fingerprint density at radius 3 is 2.36 bits per heavy atom. The molecule has 2 heterocycles. The van der Waals surface area contributed by atoms with E-state index in [1.807, 2.05) is 18.2 Å². The summed E-state index contributed by atoms with van der Waals surface area (Å²) in [5.74, 6) is 0.0645. The highest BCUT2D eigenvalue weighted by Crippen LogP contribution is 2.21. The van der Waals surface area contributed by atoms with Gasteiger partial charge in [-0.3, -0.25) is 9.69 Å². The highest BCUT2D eigenvalue weighted by molar-refractivity contribution is 7.99. The smallest absolute Gasteiger partial charge is 0.335 e. The summed E-state index contributed by atoms with van der Waals surface area (Å²) in [7, 11) is 0. The van der Waals surface area contributed by atoms with Crippen molar-refractivity contribution in [3.05, 3.63) is 77.1 Å². The van der Waals surface area contributed by atoms with Gasteiger partial charge >= 0.3 is 5.97 Å². The number of carbonyl (C=O) groups excluding carboxylic acids is 1. The van der Waals surface area contributed by atoms with E-state index in [-0.39, 0.29) is 17.2 Å². The van der Waals surface area contributed by atoms with E-state index in [1.165, 1.54) is 36.7 Å². The lowest BCUT2D eigenvalue weighted by Crippen LogP contribution is -2.25. The van der Waals surface area contributed by atoms with Crippen LogP contribution in [0.2, 0.25) is 0 Å². The predicted octanol–water partition coefficient (Wildman–Crippen LogP) is 3.03. The monoisotopic (exact) mass is 465 g/mol. The maximum absolute atomic E-state index is 12.4. The summed E-state index contributed by atoms with van der Waals surface area (Å²) >= 11 is 1.38. The fourth-order valence-electron chi connectivity index (χ4n) is 3.76. The van der Waals surface area contributed by atoms with E-state index in [2.05, 4.69) is 37.1 Å². The van der Waals surface area contributed by atoms with Crippen LogP contribution in [0.15, 0.2) is 59.8 Å². The molecule has 0 radical (unpaired) electrons. The lowest BCUT2D eigenvalue weighted by molar-refractivity contribution is -0.118. The number of carboxylic acid groups (broad SMARTS) is 1. The molecule has 0 aliphatic carbocycles. The van der Waals surface area contributed by atoms with Crippen LogP contribution in [0, 0.1) is 0 Å². The molecule has 1 saturated heterocycles. The van der Waals surface area contributed by atoms with E-state index in [0.717, 1.165) is 41.7 Å². The van der Waals surface area contributed by atoms with Crippen molar-refractivity contribution in [3.8, 4) is 0 Å². The minimum atomic E-state index is -0.967. The molecule has 0 spiro atoms. The standard InChI is InChI=1S/C24H27N5O3S/c30-22(25-14-18-8-10-20(11-9-18)23(31)32)17-33-24-27-26-21(16-28-12-4-5-13-28)29(24)15-19-6-2-1-3-7-19/h1-3,6-11H,4-5,12-17H2,(H,25,30)(H,31,32). The van der Waals surface area contributed by atoms with Crippen LogP contribution in [0.4, 0.5) is 0 Å². The number of aromatic nitrogens is 3. The topological polar surface area (TPSA) is 100 Å². The van der Waals surface area contributed by atoms with Gasteiger partial charge in [-0.25, -0.2) is 4.79 Å². The van der Waals surface area contributed by atoms with E-state index in [9.17, 15) is 9.59 Å². The summed E-state index contributed by atoms with van der Waals surface area (Å²) in [5, 5.41) is 21.4. The van der Waals surface area contributed by atoms with Crippen LogP contribution < -0.4 is 5.32 Å². The Labute approximate surface area is 197 Å². The first-order valence-electron chi connectivity index (χ1n) is 11.0. The number of thioether (sulfide) groups is 1. The van der Waals surface area contributed by atoms with E-state index in [1.54, 1.807) is 12.1 Å². The lowest BCUT2D eigenvalue weighted by Gasteiger charge is -2.16. The molecule has 172 valence electrons. The van der Waals surface area contributed by atoms with E-state index in [4.69, 9.17) is 5.11 Å². The summed E-state index contributed by atoms with van der Waals surface area (Å²) in [4.78, 5) is 25.8. The first kappa shape index (κ1) is 23.0. The Bertz CT molecular complexity index is 1080. The average Bonchev–Trinajstić information content (AvgIpc) is 3.48. The number of aromatic carboxylic acids is 1. The van der Waals surface area contributed by atoms with E-state index >= 15 is 0 Å². The Kier molecular flexibility index (Phi) is 7.74. The SMILES string of the molecule is O=C(CSc1nnc(CN2CCCC2)n1Cc1ccccc1)NCc1ccc(C(=O)O)cc1. The number of nitrogens with zero attached hydrogens (tertiary/aromatic N) is 4. The second-order valence-corrected chi connectivity index (χ2v) is 8.96. The fourth-order valence-corrected chi connectivity index (χ4v) is 4.54. The van der Waals surface area contributed by atoms with Crippen molar-refractivity contribution >= 4 is 23.6 Å². The first-order valence-corrected chi connectivity index (χ1v) is 12.0. The maximum Gasteiger partial charge on any atom is 0.335 e. The van der Waals surface area contributed by atoms with Crippen LogP contribution in [0.1, 0.15) is 40.2 Å². The van der Waals surface area contributed by atoms with E-state index < -0.39 is 5.97 Å². The number of amides is 1. The first-order chi connectivity index (χ1) is 16.1. The van der Waals surface area contributed by atoms with Gasteiger partial charge in [-0.05, 0) is 49.2 Å². The average molecular weight is 466 g/mol. The van der Waals surface area contributed by atoms with Gasteiger partial charge in [0.2, 0.25) is 5.91 Å². The Hall–Kier alpha value is -3.17. The van der Waals surface area contributed by atoms with Crippen molar-refractivity contribution < 1.29 is 14.7 Å². The Balaban J connectivity index is 1.37. The van der Waals surface area contributed by atoms with Gasteiger partial charge < -0.3 is 15.0 Å². The van der Waals surface area contributed by atoms with Gasteiger partial charge in [-0.15, -0.1) is 10.2 Å². The van der Waals surface area contributed by atoms with Gasteiger partial charge in [0, 0.05) is 6.54 Å². The predicted molar refractivity (Wildman–Crippen MR) is 126 cm³/mol. The Morgan fingerprint density at radius 1 is 0.939 bits per heavy atom. The molecule has 1 fully saturated rings. The van der Waals surface area contributed by atoms with Gasteiger partial charge in [0.1, 0.15) is 5.82 Å². The summed E-state index contributed by atoms with van der Waals surface area (Å²) in [6.45, 7) is 3.93. The molecule has 3 aromatic rings. The van der Waals surface area contributed by atoms with Gasteiger partial charge in [-0.2, -0.15) is 0 Å². The molecule has 0 unspecified atom stereocenters. The molecule has 0 atom stereocenters. The van der Waals surface area contributed by atoms with Crippen molar-refractivity contribution in [2.24, 2.45) is 0 Å². The Morgan fingerprint density at radius 2 is 1.67 bits per heavy atom. The molecule has 0 saturated carbocycles. The van der Waals surface area contributed by atoms with Crippen molar-refractivity contribution in [1.82, 2.24) is 25.0 Å². The molecule has 2 aromatic carbocycles. The number of carboxylic acids is 1. The zero-order chi connectivity index (χ0) is 23.0. The molecule has 1 aliphatic rings. The van der Waals surface area contributed by atoms with Crippen molar-refractivity contribution in [2.45, 2.75) is 37.6 Å². The van der Waals surface area contributed by atoms with Crippen LogP contribution in [-0.2, 0) is 24.4 Å². The summed E-state index contributed by atoms with van der Waals surface area (Å²) in [6.07, 6.45) is 2.43. The molecule has 1 aromatic heterocycles. The fraction of sp³-hybridized carbons (Fsp3) is 0.333. The molecule has 33 heavy (non-hydrogen) atoms. The van der Waals surface area contributed by atoms with Crippen molar-refractivity contribution in [1.29, 1.82) is 0 Å². The normalized spacial score (nSPS) is 13.8. The summed E-state index contributed by atoms with van der Waals surface area (Å²) in [6, 6.07) is 16.7. The van der Waals surface area contributed by atoms with Crippen LogP contribution in [-0.4, -0.2) is 55.5 Å². The third-order valence-electron chi connectivity index (χ3n) is 5.56. The van der Waals surface area contributed by atoms with Gasteiger partial charge in [0.15, 0.2) is 5.16 Å². The number of hydrogen-bond donors (Lipinski definition) is 2. The minimum Gasteiger partial charge on any atom is -0.478 e. The molecular weight excluding hydrogens is 438 g/mol. The molecule has 9 heteroatoms. The molecule has 8 nitrogen and oxygen atoms in total. The summed E-state index contributed by atoms with van der Waals surface area (Å²) < 4.78 is 2.11. The van der Waals surface area contributed by atoms with Crippen molar-refractivity contribution in [2.75, 3.05) is 18.8 Å². The van der Waals surface area contributed by atoms with Crippen LogP contribution in [0.3, 0.4) is 0 Å². The second kappa shape index (κ2) is 11.1. The minimum absolute atomic E-state index is 0.113. The maximum atomic E-state index is 12.4. The largest absolute Gasteiger partial charge is 0.478 e. The molecule has 0 bridgehead atoms.